The zero-order valence-electron chi connectivity index (χ0n) is 11.5. The number of hydrogen-bond donors (Lipinski definition) is 1. The minimum atomic E-state index is 0.0645. The highest BCUT2D eigenvalue weighted by Gasteiger charge is 2.20. The quantitative estimate of drug-likeness (QED) is 0.922. The number of nitrogens with one attached hydrogen (secondary N) is 1. The van der Waals surface area contributed by atoms with Crippen LogP contribution < -0.4 is 14.8 Å². The molecule has 21 heavy (non-hydrogen) atoms. The third-order valence-corrected chi connectivity index (χ3v) is 4.50. The van der Waals surface area contributed by atoms with Crippen LogP contribution in [0.4, 0.5) is 0 Å². The number of hydrogen-bond acceptors (Lipinski definition) is 6. The zero-order valence-corrected chi connectivity index (χ0v) is 12.3. The lowest BCUT2D eigenvalue weighted by atomic mass is 10.1. The summed E-state index contributed by atoms with van der Waals surface area (Å²) in [6.45, 7) is 3.69. The molecule has 1 aromatic carbocycles. The molecule has 1 aromatic heterocycles. The predicted octanol–water partition coefficient (Wildman–Crippen LogP) is 2.24. The van der Waals surface area contributed by atoms with Crippen LogP contribution in [0, 0.1) is 0 Å². The highest BCUT2D eigenvalue weighted by atomic mass is 32.1. The molecule has 0 amide bonds. The molecule has 0 aliphatic carbocycles. The van der Waals surface area contributed by atoms with Gasteiger partial charge in [-0.15, -0.1) is 11.3 Å². The van der Waals surface area contributed by atoms with Gasteiger partial charge in [-0.2, -0.15) is 0 Å². The van der Waals surface area contributed by atoms with Gasteiger partial charge in [0.1, 0.15) is 24.3 Å². The molecule has 0 saturated carbocycles. The molecule has 1 N–H and O–H groups in total. The lowest BCUT2D eigenvalue weighted by molar-refractivity contribution is 0.0276. The standard InChI is InChI=1S/C15H16N2O3S/c1-2-12-13(20-6-5-19-12)7-10(1)11-9-21-15(17-11)14-8-16-3-4-18-14/h1-2,7,9,14,16H,3-6,8H2. The van der Waals surface area contributed by atoms with E-state index in [1.807, 2.05) is 18.2 Å². The number of ether oxygens (including phenoxy) is 3. The molecule has 0 spiro atoms. The molecule has 1 fully saturated rings. The summed E-state index contributed by atoms with van der Waals surface area (Å²) < 4.78 is 16.9. The fourth-order valence-corrected chi connectivity index (χ4v) is 3.37. The van der Waals surface area contributed by atoms with Crippen molar-refractivity contribution in [2.24, 2.45) is 0 Å². The first-order valence-corrected chi connectivity index (χ1v) is 7.96. The number of nitrogens with zero attached hydrogens (tertiary/aromatic N) is 1. The van der Waals surface area contributed by atoms with Crippen molar-refractivity contribution in [1.82, 2.24) is 10.3 Å². The van der Waals surface area contributed by atoms with E-state index < -0.39 is 0 Å². The van der Waals surface area contributed by atoms with Gasteiger partial charge in [-0.05, 0) is 18.2 Å². The van der Waals surface area contributed by atoms with Crippen LogP contribution in [0.25, 0.3) is 11.3 Å². The minimum absolute atomic E-state index is 0.0645. The summed E-state index contributed by atoms with van der Waals surface area (Å²) in [5, 5.41) is 6.42. The van der Waals surface area contributed by atoms with Crippen LogP contribution in [-0.4, -0.2) is 37.9 Å². The number of morpholine rings is 1. The van der Waals surface area contributed by atoms with E-state index >= 15 is 0 Å². The minimum Gasteiger partial charge on any atom is -0.486 e. The monoisotopic (exact) mass is 304 g/mol. The lowest BCUT2D eigenvalue weighted by Gasteiger charge is -2.21. The summed E-state index contributed by atoms with van der Waals surface area (Å²) in [5.74, 6) is 1.60. The summed E-state index contributed by atoms with van der Waals surface area (Å²) in [5.41, 5.74) is 2.01. The molecular formula is C15H16N2O3S. The molecule has 0 radical (unpaired) electrons. The van der Waals surface area contributed by atoms with E-state index in [2.05, 4.69) is 10.7 Å². The molecule has 6 heteroatoms. The van der Waals surface area contributed by atoms with Gasteiger partial charge in [-0.25, -0.2) is 4.98 Å². The van der Waals surface area contributed by atoms with Crippen molar-refractivity contribution in [2.45, 2.75) is 6.10 Å². The summed E-state index contributed by atoms with van der Waals surface area (Å²) in [6, 6.07) is 5.96. The second-order valence-corrected chi connectivity index (χ2v) is 5.88. The highest BCUT2D eigenvalue weighted by Crippen LogP contribution is 2.35. The van der Waals surface area contributed by atoms with Gasteiger partial charge >= 0.3 is 0 Å². The van der Waals surface area contributed by atoms with Gasteiger partial charge in [0.25, 0.3) is 0 Å². The predicted molar refractivity (Wildman–Crippen MR) is 80.1 cm³/mol. The molecule has 2 aliphatic rings. The first-order chi connectivity index (χ1) is 10.4. The van der Waals surface area contributed by atoms with Crippen LogP contribution in [0.15, 0.2) is 23.6 Å². The smallest absolute Gasteiger partial charge is 0.162 e. The van der Waals surface area contributed by atoms with E-state index in [0.29, 0.717) is 13.2 Å². The maximum atomic E-state index is 5.74. The van der Waals surface area contributed by atoms with Crippen LogP contribution in [0.3, 0.4) is 0 Å². The molecular weight excluding hydrogens is 288 g/mol. The van der Waals surface area contributed by atoms with Gasteiger partial charge < -0.3 is 19.5 Å². The SMILES string of the molecule is c1cc2c(cc1-c1csc(C3CNCCO3)n1)OCCO2. The summed E-state index contributed by atoms with van der Waals surface area (Å²) >= 11 is 1.64. The maximum absolute atomic E-state index is 5.74. The van der Waals surface area contributed by atoms with Crippen LogP contribution in [-0.2, 0) is 4.74 Å². The van der Waals surface area contributed by atoms with E-state index in [1.54, 1.807) is 11.3 Å². The van der Waals surface area contributed by atoms with Crippen LogP contribution in [0.5, 0.6) is 11.5 Å². The Labute approximate surface area is 126 Å². The fraction of sp³-hybridized carbons (Fsp3) is 0.400. The third kappa shape index (κ3) is 2.62. The topological polar surface area (TPSA) is 52.6 Å². The molecule has 0 bridgehead atoms. The Kier molecular flexibility index (Phi) is 3.50. The van der Waals surface area contributed by atoms with Gasteiger partial charge in [-0.3, -0.25) is 0 Å². The molecule has 110 valence electrons. The van der Waals surface area contributed by atoms with E-state index in [4.69, 9.17) is 19.2 Å². The summed E-state index contributed by atoms with van der Waals surface area (Å²) in [7, 11) is 0. The van der Waals surface area contributed by atoms with Crippen molar-refractivity contribution < 1.29 is 14.2 Å². The number of thiazole rings is 1. The largest absolute Gasteiger partial charge is 0.486 e. The second kappa shape index (κ2) is 5.63. The van der Waals surface area contributed by atoms with E-state index in [0.717, 1.165) is 47.5 Å². The van der Waals surface area contributed by atoms with Crippen molar-refractivity contribution in [2.75, 3.05) is 32.9 Å². The molecule has 1 atom stereocenters. The van der Waals surface area contributed by atoms with E-state index in [1.165, 1.54) is 0 Å². The number of benzene rings is 1. The Morgan fingerprint density at radius 3 is 2.90 bits per heavy atom. The number of fused-ring (bicyclic) bond motifs is 1. The van der Waals surface area contributed by atoms with E-state index in [-0.39, 0.29) is 6.10 Å². The second-order valence-electron chi connectivity index (χ2n) is 4.99. The molecule has 5 nitrogen and oxygen atoms in total. The van der Waals surface area contributed by atoms with Crippen molar-refractivity contribution in [1.29, 1.82) is 0 Å². The van der Waals surface area contributed by atoms with Crippen molar-refractivity contribution in [3.63, 3.8) is 0 Å². The highest BCUT2D eigenvalue weighted by molar-refractivity contribution is 7.10. The number of rotatable bonds is 2. The molecule has 3 heterocycles. The molecule has 4 rings (SSSR count). The van der Waals surface area contributed by atoms with Crippen LogP contribution >= 0.6 is 11.3 Å². The molecule has 2 aromatic rings. The molecule has 1 unspecified atom stereocenters. The maximum Gasteiger partial charge on any atom is 0.162 e. The zero-order chi connectivity index (χ0) is 14.1. The Morgan fingerprint density at radius 2 is 2.05 bits per heavy atom. The Bertz CT molecular complexity index is 638. The van der Waals surface area contributed by atoms with Crippen molar-refractivity contribution in [3.8, 4) is 22.8 Å². The number of aromatic nitrogens is 1. The Balaban J connectivity index is 1.60. The first-order valence-electron chi connectivity index (χ1n) is 7.08. The molecule has 1 saturated heterocycles. The molecule has 2 aliphatic heterocycles. The fourth-order valence-electron chi connectivity index (χ4n) is 2.49. The lowest BCUT2D eigenvalue weighted by Crippen LogP contribution is -2.33. The normalized spacial score (nSPS) is 21.2. The Hall–Kier alpha value is -1.63. The summed E-state index contributed by atoms with van der Waals surface area (Å²) in [6.07, 6.45) is 0.0645. The Morgan fingerprint density at radius 1 is 1.14 bits per heavy atom. The van der Waals surface area contributed by atoms with Crippen molar-refractivity contribution in [3.05, 3.63) is 28.6 Å². The average Bonchev–Trinajstić information content (AvgIpc) is 3.05. The van der Waals surface area contributed by atoms with Crippen LogP contribution in [0.1, 0.15) is 11.1 Å². The van der Waals surface area contributed by atoms with Gasteiger partial charge in [0.15, 0.2) is 11.5 Å². The van der Waals surface area contributed by atoms with Gasteiger partial charge in [0, 0.05) is 24.0 Å². The first kappa shape index (κ1) is 13.1. The van der Waals surface area contributed by atoms with Gasteiger partial charge in [0.05, 0.1) is 12.3 Å². The van der Waals surface area contributed by atoms with Crippen molar-refractivity contribution >= 4 is 11.3 Å². The van der Waals surface area contributed by atoms with Gasteiger partial charge in [-0.1, -0.05) is 0 Å². The summed E-state index contributed by atoms with van der Waals surface area (Å²) in [4.78, 5) is 4.71. The van der Waals surface area contributed by atoms with Gasteiger partial charge in [0.2, 0.25) is 0 Å². The third-order valence-electron chi connectivity index (χ3n) is 3.56. The van der Waals surface area contributed by atoms with Crippen LogP contribution in [0.2, 0.25) is 0 Å². The average molecular weight is 304 g/mol. The van der Waals surface area contributed by atoms with E-state index in [9.17, 15) is 0 Å².